The standard InChI is InChI=1S/C86H78BN3Si2/c1-61-31-26-27-46-78(61)89-79-59-66(60-80-81(79)87(76-45-30-32-62(2)82(76)89)77-58-63(84(3,4)5)57-75-83(77)90(80)86(7)56-29-28-55-85(75,86)6)88(64-47-51-73(52-48-64)91(67-33-14-8-15-34-67,68-35-16-9-17-36-68)69-37-18-10-19-38-69)65-49-53-74(54-50-65)92(70-39-20-11-21-40-70,71-41-22-12-23-42-71)72-43-24-13-25-44-72/h8-27,30-54,57-60H,28-29,55-56H2,1-7H3. The molecule has 448 valence electrons. The molecule has 0 N–H and O–H groups in total. The Bertz CT molecular complexity index is 4370. The third kappa shape index (κ3) is 8.59. The molecule has 0 saturated heterocycles. The van der Waals surface area contributed by atoms with Crippen LogP contribution in [-0.2, 0) is 10.8 Å². The molecule has 1 saturated carbocycles. The van der Waals surface area contributed by atoms with Crippen LogP contribution >= 0.6 is 0 Å². The summed E-state index contributed by atoms with van der Waals surface area (Å²) in [4.78, 5) is 8.19. The number of rotatable bonds is 12. The number of nitrogens with zero attached hydrogens (tertiary/aromatic N) is 3. The molecule has 2 atom stereocenters. The van der Waals surface area contributed by atoms with Crippen molar-refractivity contribution in [3.8, 4) is 0 Å². The van der Waals surface area contributed by atoms with Crippen molar-refractivity contribution in [2.24, 2.45) is 0 Å². The molecule has 6 heteroatoms. The number of fused-ring (bicyclic) bond motifs is 7. The van der Waals surface area contributed by atoms with Gasteiger partial charge in [0.1, 0.15) is 0 Å². The summed E-state index contributed by atoms with van der Waals surface area (Å²) in [5.74, 6) is 0. The first-order valence-electron chi connectivity index (χ1n) is 33.3. The van der Waals surface area contributed by atoms with Crippen LogP contribution in [0.25, 0.3) is 0 Å². The minimum absolute atomic E-state index is 0.00923. The van der Waals surface area contributed by atoms with Gasteiger partial charge in [0, 0.05) is 45.2 Å². The largest absolute Gasteiger partial charge is 0.335 e. The van der Waals surface area contributed by atoms with E-state index in [1.54, 1.807) is 0 Å². The first-order valence-corrected chi connectivity index (χ1v) is 37.3. The van der Waals surface area contributed by atoms with Crippen LogP contribution in [0.2, 0.25) is 0 Å². The second kappa shape index (κ2) is 22.1. The van der Waals surface area contributed by atoms with Crippen LogP contribution in [0.4, 0.5) is 45.5 Å². The quantitative estimate of drug-likeness (QED) is 0.0892. The number of aryl methyl sites for hydroxylation is 2. The van der Waals surface area contributed by atoms with Crippen LogP contribution in [-0.4, -0.2) is 28.4 Å². The lowest BCUT2D eigenvalue weighted by Crippen LogP contribution is -2.74. The van der Waals surface area contributed by atoms with Crippen molar-refractivity contribution < 1.29 is 0 Å². The molecule has 1 aliphatic carbocycles. The first-order chi connectivity index (χ1) is 44.9. The van der Waals surface area contributed by atoms with Gasteiger partial charge in [-0.1, -0.05) is 295 Å². The number of anilines is 8. The van der Waals surface area contributed by atoms with Gasteiger partial charge in [-0.05, 0) is 162 Å². The molecule has 0 spiro atoms. The summed E-state index contributed by atoms with van der Waals surface area (Å²) in [5, 5.41) is 10.8. The Morgan fingerprint density at radius 2 is 0.793 bits per heavy atom. The van der Waals surface area contributed by atoms with E-state index in [1.807, 2.05) is 0 Å². The Labute approximate surface area is 547 Å². The third-order valence-electron chi connectivity index (χ3n) is 22.1. The average Bonchev–Trinajstić information content (AvgIpc) is 0.856. The molecule has 12 aromatic carbocycles. The monoisotopic (exact) mass is 1220 g/mol. The summed E-state index contributed by atoms with van der Waals surface area (Å²) in [6.07, 6.45) is 4.69. The highest BCUT2D eigenvalue weighted by Crippen LogP contribution is 2.63. The van der Waals surface area contributed by atoms with E-state index in [4.69, 9.17) is 0 Å². The van der Waals surface area contributed by atoms with Gasteiger partial charge in [-0.2, -0.15) is 0 Å². The van der Waals surface area contributed by atoms with Crippen molar-refractivity contribution >= 4 is 126 Å². The second-order valence-electron chi connectivity index (χ2n) is 28.0. The Kier molecular flexibility index (Phi) is 13.9. The van der Waals surface area contributed by atoms with E-state index >= 15 is 0 Å². The molecule has 12 aromatic rings. The fraction of sp³-hybridized carbons (Fsp3) is 0.163. The third-order valence-corrected chi connectivity index (χ3v) is 31.7. The smallest absolute Gasteiger partial charge is 0.252 e. The van der Waals surface area contributed by atoms with Gasteiger partial charge in [-0.3, -0.25) is 0 Å². The molecule has 0 aromatic heterocycles. The molecule has 0 amide bonds. The van der Waals surface area contributed by atoms with Gasteiger partial charge in [0.15, 0.2) is 16.1 Å². The molecule has 0 radical (unpaired) electrons. The SMILES string of the molecule is Cc1ccccc1N1c2cc(N(c3ccc([Si](c4ccccc4)(c4ccccc4)c4ccccc4)cc3)c3ccc([Si](c4ccccc4)(c4ccccc4)c4ccccc4)cc3)cc3c2B(c2cccc(C)c21)c1cc(C(C)(C)C)cc2c1N3C1(C)CCCCC21C. The van der Waals surface area contributed by atoms with Crippen LogP contribution in [0.1, 0.15) is 82.6 Å². The lowest BCUT2D eigenvalue weighted by Gasteiger charge is -2.53. The van der Waals surface area contributed by atoms with E-state index in [2.05, 4.69) is 360 Å². The predicted molar refractivity (Wildman–Crippen MR) is 399 cm³/mol. The van der Waals surface area contributed by atoms with Gasteiger partial charge in [0.2, 0.25) is 0 Å². The van der Waals surface area contributed by atoms with Crippen LogP contribution in [0.15, 0.2) is 297 Å². The zero-order valence-electron chi connectivity index (χ0n) is 54.0. The van der Waals surface area contributed by atoms with Gasteiger partial charge in [0.05, 0.1) is 11.2 Å². The second-order valence-corrected chi connectivity index (χ2v) is 35.6. The Morgan fingerprint density at radius 3 is 1.25 bits per heavy atom. The van der Waals surface area contributed by atoms with Gasteiger partial charge >= 0.3 is 0 Å². The molecular formula is C86H78BN3Si2. The van der Waals surface area contributed by atoms with E-state index < -0.39 is 16.1 Å². The van der Waals surface area contributed by atoms with Crippen LogP contribution in [0.3, 0.4) is 0 Å². The molecule has 0 bridgehead atoms. The number of hydrogen-bond acceptors (Lipinski definition) is 3. The normalized spacial score (nSPS) is 17.1. The number of hydrogen-bond donors (Lipinski definition) is 0. The summed E-state index contributed by atoms with van der Waals surface area (Å²) in [6.45, 7) is 17.1. The molecule has 16 rings (SSSR count). The van der Waals surface area contributed by atoms with Crippen molar-refractivity contribution in [2.45, 2.75) is 90.5 Å². The zero-order chi connectivity index (χ0) is 62.6. The molecule has 3 aliphatic heterocycles. The van der Waals surface area contributed by atoms with Crippen molar-refractivity contribution in [3.63, 3.8) is 0 Å². The number of para-hydroxylation sites is 2. The molecule has 2 unspecified atom stereocenters. The molecule has 1 fully saturated rings. The first kappa shape index (κ1) is 57.7. The number of benzene rings is 12. The molecular weight excluding hydrogens is 1140 g/mol. The average molecular weight is 1220 g/mol. The maximum atomic E-state index is 2.92. The Balaban J connectivity index is 0.995. The van der Waals surface area contributed by atoms with E-state index in [-0.39, 0.29) is 23.1 Å². The molecule has 3 heterocycles. The van der Waals surface area contributed by atoms with Gasteiger partial charge in [0.25, 0.3) is 6.71 Å². The fourth-order valence-corrected chi connectivity index (χ4v) is 27.0. The maximum Gasteiger partial charge on any atom is 0.252 e. The summed E-state index contributed by atoms with van der Waals surface area (Å²) in [6, 6.07) is 114. The van der Waals surface area contributed by atoms with E-state index in [0.29, 0.717) is 0 Å². The highest BCUT2D eigenvalue weighted by atomic mass is 28.3. The Hall–Kier alpha value is -9.46. The van der Waals surface area contributed by atoms with E-state index in [9.17, 15) is 0 Å². The highest BCUT2D eigenvalue weighted by molar-refractivity contribution is 7.20. The van der Waals surface area contributed by atoms with Crippen LogP contribution in [0, 0.1) is 13.8 Å². The minimum atomic E-state index is -2.88. The lowest BCUT2D eigenvalue weighted by molar-refractivity contribution is 0.195. The highest BCUT2D eigenvalue weighted by Gasteiger charge is 2.62. The van der Waals surface area contributed by atoms with Crippen LogP contribution < -0.4 is 72.6 Å². The Morgan fingerprint density at radius 1 is 0.380 bits per heavy atom. The van der Waals surface area contributed by atoms with Crippen LogP contribution in [0.5, 0.6) is 0 Å². The predicted octanol–water partition coefficient (Wildman–Crippen LogP) is 14.2. The summed E-state index contributed by atoms with van der Waals surface area (Å²) in [7, 11) is -5.77. The lowest BCUT2D eigenvalue weighted by atomic mass is 9.33. The fourth-order valence-electron chi connectivity index (χ4n) is 17.5. The van der Waals surface area contributed by atoms with Crippen molar-refractivity contribution in [1.29, 1.82) is 0 Å². The van der Waals surface area contributed by atoms with E-state index in [1.165, 1.54) is 121 Å². The summed E-state index contributed by atoms with van der Waals surface area (Å²) >= 11 is 0. The van der Waals surface area contributed by atoms with Gasteiger partial charge in [-0.15, -0.1) is 0 Å². The maximum absolute atomic E-state index is 2.92. The van der Waals surface area contributed by atoms with Gasteiger partial charge in [-0.25, -0.2) is 0 Å². The summed E-state index contributed by atoms with van der Waals surface area (Å²) < 4.78 is 0. The van der Waals surface area contributed by atoms with E-state index in [0.717, 1.165) is 29.9 Å². The topological polar surface area (TPSA) is 9.72 Å². The summed E-state index contributed by atoms with van der Waals surface area (Å²) in [5.41, 5.74) is 19.2. The molecule has 3 nitrogen and oxygen atoms in total. The van der Waals surface area contributed by atoms with Crippen molar-refractivity contribution in [3.05, 3.63) is 320 Å². The molecule has 4 aliphatic rings. The molecule has 92 heavy (non-hydrogen) atoms. The van der Waals surface area contributed by atoms with Crippen molar-refractivity contribution in [2.75, 3.05) is 14.7 Å². The van der Waals surface area contributed by atoms with Crippen molar-refractivity contribution in [1.82, 2.24) is 0 Å². The zero-order valence-corrected chi connectivity index (χ0v) is 56.0. The van der Waals surface area contributed by atoms with Gasteiger partial charge < -0.3 is 14.7 Å². The minimum Gasteiger partial charge on any atom is -0.335 e.